The number of piperidine rings is 1. The van der Waals surface area contributed by atoms with Gasteiger partial charge in [-0.2, -0.15) is 0 Å². The Morgan fingerprint density at radius 3 is 2.62 bits per heavy atom. The first-order valence-corrected chi connectivity index (χ1v) is 9.47. The minimum absolute atomic E-state index is 0.0932. The van der Waals surface area contributed by atoms with Crippen LogP contribution in [0.4, 0.5) is 0 Å². The van der Waals surface area contributed by atoms with Crippen molar-refractivity contribution >= 4 is 11.8 Å². The predicted molar refractivity (Wildman–Crippen MR) is 98.8 cm³/mol. The standard InChI is InChI=1S/C20H29N3O3/c1-14-3-5-16(6-4-14)20(2)9-12-23(19(20)25)17(13-18(24)22-26)15-7-10-21-11-8-15/h3-6,15,17,21,26H,7-13H2,1-2H3,(H,22,24)/t17-,20?/m0/s1. The molecule has 6 nitrogen and oxygen atoms in total. The first-order chi connectivity index (χ1) is 12.5. The summed E-state index contributed by atoms with van der Waals surface area (Å²) in [6.45, 7) is 6.50. The number of hydroxylamine groups is 1. The fourth-order valence-electron chi connectivity index (χ4n) is 4.37. The fourth-order valence-corrected chi connectivity index (χ4v) is 4.37. The van der Waals surface area contributed by atoms with Crippen LogP contribution < -0.4 is 10.8 Å². The SMILES string of the molecule is Cc1ccc(C2(C)CCN([C@@H](CC(=O)NO)C3CCNCC3)C2=O)cc1. The van der Waals surface area contributed by atoms with Gasteiger partial charge in [0, 0.05) is 19.0 Å². The molecule has 0 saturated carbocycles. The summed E-state index contributed by atoms with van der Waals surface area (Å²) in [4.78, 5) is 27.2. The average molecular weight is 359 g/mol. The van der Waals surface area contributed by atoms with Crippen molar-refractivity contribution in [3.63, 3.8) is 0 Å². The first kappa shape index (κ1) is 18.9. The van der Waals surface area contributed by atoms with Gasteiger partial charge < -0.3 is 10.2 Å². The Balaban J connectivity index is 1.84. The monoisotopic (exact) mass is 359 g/mol. The molecule has 1 unspecified atom stereocenters. The van der Waals surface area contributed by atoms with E-state index in [1.54, 1.807) is 5.48 Å². The third-order valence-corrected chi connectivity index (χ3v) is 6.12. The topological polar surface area (TPSA) is 81.7 Å². The summed E-state index contributed by atoms with van der Waals surface area (Å²) < 4.78 is 0. The number of hydrogen-bond donors (Lipinski definition) is 3. The van der Waals surface area contributed by atoms with Crippen LogP contribution in [0.15, 0.2) is 24.3 Å². The number of nitrogens with one attached hydrogen (secondary N) is 2. The molecule has 3 N–H and O–H groups in total. The lowest BCUT2D eigenvalue weighted by Gasteiger charge is -2.37. The van der Waals surface area contributed by atoms with E-state index in [9.17, 15) is 9.59 Å². The summed E-state index contributed by atoms with van der Waals surface area (Å²) in [5.41, 5.74) is 3.40. The molecule has 142 valence electrons. The molecule has 2 saturated heterocycles. The van der Waals surface area contributed by atoms with Crippen LogP contribution in [0.3, 0.4) is 0 Å². The van der Waals surface area contributed by atoms with Gasteiger partial charge in [0.25, 0.3) is 0 Å². The van der Waals surface area contributed by atoms with Gasteiger partial charge in [-0.05, 0) is 57.7 Å². The summed E-state index contributed by atoms with van der Waals surface area (Å²) >= 11 is 0. The van der Waals surface area contributed by atoms with Crippen molar-refractivity contribution in [3.8, 4) is 0 Å². The minimum atomic E-state index is -0.547. The van der Waals surface area contributed by atoms with E-state index in [-0.39, 0.29) is 24.3 Å². The van der Waals surface area contributed by atoms with Crippen molar-refractivity contribution < 1.29 is 14.8 Å². The molecule has 6 heteroatoms. The maximum absolute atomic E-state index is 13.4. The highest BCUT2D eigenvalue weighted by molar-refractivity contribution is 5.90. The van der Waals surface area contributed by atoms with Crippen LogP contribution in [0, 0.1) is 12.8 Å². The minimum Gasteiger partial charge on any atom is -0.338 e. The smallest absolute Gasteiger partial charge is 0.245 e. The van der Waals surface area contributed by atoms with Gasteiger partial charge in [-0.1, -0.05) is 29.8 Å². The van der Waals surface area contributed by atoms with Crippen molar-refractivity contribution in [2.45, 2.75) is 51.0 Å². The number of carbonyl (C=O) groups excluding carboxylic acids is 2. The van der Waals surface area contributed by atoms with E-state index in [0.29, 0.717) is 6.54 Å². The third-order valence-electron chi connectivity index (χ3n) is 6.12. The number of aryl methyl sites for hydroxylation is 1. The number of rotatable bonds is 5. The maximum Gasteiger partial charge on any atom is 0.245 e. The quantitative estimate of drug-likeness (QED) is 0.553. The molecule has 2 heterocycles. The summed E-state index contributed by atoms with van der Waals surface area (Å²) in [7, 11) is 0. The Bertz CT molecular complexity index is 655. The number of benzene rings is 1. The number of nitrogens with zero attached hydrogens (tertiary/aromatic N) is 1. The highest BCUT2D eigenvalue weighted by Crippen LogP contribution is 2.39. The number of carbonyl (C=O) groups is 2. The first-order valence-electron chi connectivity index (χ1n) is 9.47. The van der Waals surface area contributed by atoms with E-state index in [2.05, 4.69) is 5.32 Å². The Labute approximate surface area is 154 Å². The lowest BCUT2D eigenvalue weighted by atomic mass is 9.80. The normalized spacial score (nSPS) is 25.3. The van der Waals surface area contributed by atoms with E-state index in [0.717, 1.165) is 37.9 Å². The molecular formula is C20H29N3O3. The Morgan fingerprint density at radius 1 is 1.35 bits per heavy atom. The molecule has 3 rings (SSSR count). The molecule has 0 aromatic heterocycles. The van der Waals surface area contributed by atoms with Gasteiger partial charge in [-0.25, -0.2) is 5.48 Å². The molecule has 0 bridgehead atoms. The van der Waals surface area contributed by atoms with Crippen molar-refractivity contribution in [2.75, 3.05) is 19.6 Å². The number of amides is 2. The molecule has 1 aromatic carbocycles. The molecule has 2 atom stereocenters. The fraction of sp³-hybridized carbons (Fsp3) is 0.600. The lowest BCUT2D eigenvalue weighted by molar-refractivity contribution is -0.138. The molecule has 2 fully saturated rings. The van der Waals surface area contributed by atoms with E-state index in [1.807, 2.05) is 43.0 Å². The molecular weight excluding hydrogens is 330 g/mol. The Kier molecular flexibility index (Phi) is 5.63. The zero-order valence-corrected chi connectivity index (χ0v) is 15.6. The maximum atomic E-state index is 13.4. The van der Waals surface area contributed by atoms with Gasteiger partial charge >= 0.3 is 0 Å². The van der Waals surface area contributed by atoms with Gasteiger partial charge in [0.1, 0.15) is 0 Å². The molecule has 2 aliphatic rings. The van der Waals surface area contributed by atoms with Crippen LogP contribution in [-0.2, 0) is 15.0 Å². The van der Waals surface area contributed by atoms with Crippen LogP contribution in [0.1, 0.15) is 43.7 Å². The van der Waals surface area contributed by atoms with Gasteiger partial charge in [0.15, 0.2) is 0 Å². The largest absolute Gasteiger partial charge is 0.338 e. The lowest BCUT2D eigenvalue weighted by Crippen LogP contribution is -2.49. The van der Waals surface area contributed by atoms with Crippen LogP contribution in [-0.4, -0.2) is 47.6 Å². The summed E-state index contributed by atoms with van der Waals surface area (Å²) in [5.74, 6) is -0.0567. The zero-order valence-electron chi connectivity index (χ0n) is 15.6. The van der Waals surface area contributed by atoms with Crippen molar-refractivity contribution in [1.82, 2.24) is 15.7 Å². The van der Waals surface area contributed by atoms with E-state index in [4.69, 9.17) is 5.21 Å². The Hall–Kier alpha value is -1.92. The molecule has 2 aliphatic heterocycles. The van der Waals surface area contributed by atoms with Gasteiger partial charge in [-0.3, -0.25) is 14.8 Å². The van der Waals surface area contributed by atoms with Crippen molar-refractivity contribution in [2.24, 2.45) is 5.92 Å². The van der Waals surface area contributed by atoms with Crippen LogP contribution in [0.5, 0.6) is 0 Å². The summed E-state index contributed by atoms with van der Waals surface area (Å²) in [6.07, 6.45) is 2.77. The zero-order chi connectivity index (χ0) is 18.7. The average Bonchev–Trinajstić information content (AvgIpc) is 2.97. The van der Waals surface area contributed by atoms with Crippen LogP contribution >= 0.6 is 0 Å². The molecule has 1 aromatic rings. The number of hydrogen-bond acceptors (Lipinski definition) is 4. The van der Waals surface area contributed by atoms with Gasteiger partial charge in [-0.15, -0.1) is 0 Å². The second-order valence-electron chi connectivity index (χ2n) is 7.84. The molecule has 26 heavy (non-hydrogen) atoms. The van der Waals surface area contributed by atoms with Crippen molar-refractivity contribution in [1.29, 1.82) is 0 Å². The molecule has 0 spiro atoms. The highest BCUT2D eigenvalue weighted by Gasteiger charge is 2.47. The molecule has 0 aliphatic carbocycles. The molecule has 2 amide bonds. The van der Waals surface area contributed by atoms with Gasteiger partial charge in [0.2, 0.25) is 11.8 Å². The van der Waals surface area contributed by atoms with E-state index < -0.39 is 11.3 Å². The molecule has 0 radical (unpaired) electrons. The second kappa shape index (κ2) is 7.76. The third kappa shape index (κ3) is 3.62. The van der Waals surface area contributed by atoms with Crippen molar-refractivity contribution in [3.05, 3.63) is 35.4 Å². The second-order valence-corrected chi connectivity index (χ2v) is 7.84. The Morgan fingerprint density at radius 2 is 2.00 bits per heavy atom. The number of likely N-dealkylation sites (tertiary alicyclic amines) is 1. The van der Waals surface area contributed by atoms with Crippen LogP contribution in [0.25, 0.3) is 0 Å². The predicted octanol–water partition coefficient (Wildman–Crippen LogP) is 1.75. The van der Waals surface area contributed by atoms with Crippen LogP contribution in [0.2, 0.25) is 0 Å². The van der Waals surface area contributed by atoms with E-state index >= 15 is 0 Å². The van der Waals surface area contributed by atoms with E-state index in [1.165, 1.54) is 5.56 Å². The summed E-state index contributed by atoms with van der Waals surface area (Å²) in [6, 6.07) is 8.00. The summed E-state index contributed by atoms with van der Waals surface area (Å²) in [5, 5.41) is 12.3. The van der Waals surface area contributed by atoms with Gasteiger partial charge in [0.05, 0.1) is 5.41 Å². The highest BCUT2D eigenvalue weighted by atomic mass is 16.5.